The zero-order valence-electron chi connectivity index (χ0n) is 7.48. The second kappa shape index (κ2) is 3.86. The van der Waals surface area contributed by atoms with Crippen LogP contribution in [0.15, 0.2) is 46.9 Å². The van der Waals surface area contributed by atoms with E-state index in [2.05, 4.69) is 0 Å². The Hall–Kier alpha value is -1.25. The Morgan fingerprint density at radius 1 is 1.07 bits per heavy atom. The van der Waals surface area contributed by atoms with Gasteiger partial charge in [0.25, 0.3) is 0 Å². The van der Waals surface area contributed by atoms with Crippen molar-refractivity contribution in [3.05, 3.63) is 59.0 Å². The molecular formula is C11H10ClNO. The average Bonchev–Trinajstić information content (AvgIpc) is 2.65. The Labute approximate surface area is 87.3 Å². The zero-order chi connectivity index (χ0) is 9.97. The molecule has 0 saturated heterocycles. The minimum Gasteiger partial charge on any atom is -0.448 e. The Morgan fingerprint density at radius 3 is 2.36 bits per heavy atom. The number of hydrogen-bond acceptors (Lipinski definition) is 2. The van der Waals surface area contributed by atoms with Gasteiger partial charge in [-0.1, -0.05) is 30.3 Å². The minimum absolute atomic E-state index is 0.247. The Kier molecular flexibility index (Phi) is 2.57. The van der Waals surface area contributed by atoms with Gasteiger partial charge in [0.05, 0.1) is 6.04 Å². The first-order chi connectivity index (χ1) is 6.77. The smallest absolute Gasteiger partial charge is 0.193 e. The van der Waals surface area contributed by atoms with Crippen LogP contribution in [-0.4, -0.2) is 0 Å². The molecule has 2 rings (SSSR count). The SMILES string of the molecule is NC(c1ccccc1)c1ccc(Cl)o1. The van der Waals surface area contributed by atoms with E-state index in [0.717, 1.165) is 5.56 Å². The van der Waals surface area contributed by atoms with Crippen LogP contribution in [0.5, 0.6) is 0 Å². The van der Waals surface area contributed by atoms with Crippen LogP contribution in [0.4, 0.5) is 0 Å². The van der Waals surface area contributed by atoms with Crippen LogP contribution in [-0.2, 0) is 0 Å². The van der Waals surface area contributed by atoms with E-state index in [-0.39, 0.29) is 6.04 Å². The standard InChI is InChI=1S/C11H10ClNO/c12-10-7-6-9(14-10)11(13)8-4-2-1-3-5-8/h1-7,11H,13H2. The number of halogens is 1. The first kappa shape index (κ1) is 9.31. The molecule has 1 atom stereocenters. The zero-order valence-corrected chi connectivity index (χ0v) is 8.24. The van der Waals surface area contributed by atoms with Crippen LogP contribution in [0.25, 0.3) is 0 Å². The van der Waals surface area contributed by atoms with Crippen molar-refractivity contribution >= 4 is 11.6 Å². The maximum absolute atomic E-state index is 5.98. The fourth-order valence-electron chi connectivity index (χ4n) is 1.32. The van der Waals surface area contributed by atoms with Crippen molar-refractivity contribution in [1.82, 2.24) is 0 Å². The van der Waals surface area contributed by atoms with Gasteiger partial charge in [-0.05, 0) is 29.3 Å². The molecule has 1 heterocycles. The van der Waals surface area contributed by atoms with Crippen molar-refractivity contribution in [1.29, 1.82) is 0 Å². The van der Waals surface area contributed by atoms with Gasteiger partial charge < -0.3 is 10.2 Å². The van der Waals surface area contributed by atoms with Crippen molar-refractivity contribution in [3.63, 3.8) is 0 Å². The van der Waals surface area contributed by atoms with E-state index in [9.17, 15) is 0 Å². The van der Waals surface area contributed by atoms with Gasteiger partial charge in [-0.25, -0.2) is 0 Å². The molecule has 2 N–H and O–H groups in total. The molecule has 0 bridgehead atoms. The van der Waals surface area contributed by atoms with Crippen LogP contribution >= 0.6 is 11.6 Å². The van der Waals surface area contributed by atoms with Crippen LogP contribution in [0.1, 0.15) is 17.4 Å². The molecule has 1 aromatic heterocycles. The molecule has 0 fully saturated rings. The summed E-state index contributed by atoms with van der Waals surface area (Å²) in [6, 6.07) is 13.0. The van der Waals surface area contributed by atoms with Crippen molar-refractivity contribution in [2.24, 2.45) is 5.73 Å². The third-order valence-electron chi connectivity index (χ3n) is 2.06. The fraction of sp³-hybridized carbons (Fsp3) is 0.0909. The van der Waals surface area contributed by atoms with Crippen LogP contribution < -0.4 is 5.73 Å². The van der Waals surface area contributed by atoms with E-state index in [1.165, 1.54) is 0 Å². The summed E-state index contributed by atoms with van der Waals surface area (Å²) in [6.07, 6.45) is 0. The van der Waals surface area contributed by atoms with Gasteiger partial charge >= 0.3 is 0 Å². The average molecular weight is 208 g/mol. The first-order valence-electron chi connectivity index (χ1n) is 4.33. The maximum atomic E-state index is 5.98. The number of nitrogens with two attached hydrogens (primary N) is 1. The summed E-state index contributed by atoms with van der Waals surface area (Å²) >= 11 is 5.67. The molecule has 14 heavy (non-hydrogen) atoms. The van der Waals surface area contributed by atoms with Gasteiger partial charge in [0, 0.05) is 0 Å². The highest BCUT2D eigenvalue weighted by molar-refractivity contribution is 6.28. The van der Waals surface area contributed by atoms with Crippen molar-refractivity contribution in [2.75, 3.05) is 0 Å². The molecule has 0 aliphatic heterocycles. The monoisotopic (exact) mass is 207 g/mol. The Bertz CT molecular complexity index is 410. The van der Waals surface area contributed by atoms with Gasteiger partial charge in [-0.3, -0.25) is 0 Å². The van der Waals surface area contributed by atoms with Crippen LogP contribution in [0.3, 0.4) is 0 Å². The molecule has 0 aliphatic carbocycles. The quantitative estimate of drug-likeness (QED) is 0.823. The predicted molar refractivity (Wildman–Crippen MR) is 56.2 cm³/mol. The van der Waals surface area contributed by atoms with E-state index in [1.54, 1.807) is 12.1 Å². The summed E-state index contributed by atoms with van der Waals surface area (Å²) in [5.41, 5.74) is 6.99. The van der Waals surface area contributed by atoms with Crippen molar-refractivity contribution in [3.8, 4) is 0 Å². The van der Waals surface area contributed by atoms with E-state index in [1.807, 2.05) is 30.3 Å². The molecule has 1 unspecified atom stereocenters. The Morgan fingerprint density at radius 2 is 1.79 bits per heavy atom. The number of furan rings is 1. The highest BCUT2D eigenvalue weighted by atomic mass is 35.5. The molecule has 2 nitrogen and oxygen atoms in total. The molecule has 3 heteroatoms. The fourth-order valence-corrected chi connectivity index (χ4v) is 1.47. The van der Waals surface area contributed by atoms with Crippen molar-refractivity contribution < 1.29 is 4.42 Å². The lowest BCUT2D eigenvalue weighted by molar-refractivity contribution is 0.491. The minimum atomic E-state index is -0.247. The van der Waals surface area contributed by atoms with Gasteiger partial charge in [0.15, 0.2) is 5.22 Å². The second-order valence-corrected chi connectivity index (χ2v) is 3.40. The second-order valence-electron chi connectivity index (χ2n) is 3.03. The molecule has 1 aromatic carbocycles. The third-order valence-corrected chi connectivity index (χ3v) is 2.26. The maximum Gasteiger partial charge on any atom is 0.193 e. The molecule has 0 radical (unpaired) electrons. The number of benzene rings is 1. The molecule has 0 aliphatic rings. The lowest BCUT2D eigenvalue weighted by Crippen LogP contribution is -2.10. The summed E-state index contributed by atoms with van der Waals surface area (Å²) in [7, 11) is 0. The molecule has 0 saturated carbocycles. The Balaban J connectivity index is 2.29. The first-order valence-corrected chi connectivity index (χ1v) is 4.71. The molecule has 0 amide bonds. The largest absolute Gasteiger partial charge is 0.448 e. The van der Waals surface area contributed by atoms with E-state index >= 15 is 0 Å². The highest BCUT2D eigenvalue weighted by Crippen LogP contribution is 2.23. The van der Waals surface area contributed by atoms with Gasteiger partial charge in [0.2, 0.25) is 0 Å². The summed E-state index contributed by atoms with van der Waals surface area (Å²) in [5.74, 6) is 0.682. The molecule has 2 aromatic rings. The van der Waals surface area contributed by atoms with E-state index in [0.29, 0.717) is 11.0 Å². The lowest BCUT2D eigenvalue weighted by atomic mass is 10.1. The third kappa shape index (κ3) is 1.81. The van der Waals surface area contributed by atoms with Gasteiger partial charge in [-0.2, -0.15) is 0 Å². The van der Waals surface area contributed by atoms with Crippen LogP contribution in [0.2, 0.25) is 5.22 Å². The number of hydrogen-bond donors (Lipinski definition) is 1. The topological polar surface area (TPSA) is 39.2 Å². The molecular weight excluding hydrogens is 198 g/mol. The summed E-state index contributed by atoms with van der Waals surface area (Å²) in [4.78, 5) is 0. The lowest BCUT2D eigenvalue weighted by Gasteiger charge is -2.07. The van der Waals surface area contributed by atoms with Crippen LogP contribution in [0, 0.1) is 0 Å². The summed E-state index contributed by atoms with van der Waals surface area (Å²) in [5, 5.41) is 0.367. The molecule has 0 spiro atoms. The summed E-state index contributed by atoms with van der Waals surface area (Å²) in [6.45, 7) is 0. The number of rotatable bonds is 2. The summed E-state index contributed by atoms with van der Waals surface area (Å²) < 4.78 is 5.24. The van der Waals surface area contributed by atoms with Crippen molar-refractivity contribution in [2.45, 2.75) is 6.04 Å². The van der Waals surface area contributed by atoms with Gasteiger partial charge in [-0.15, -0.1) is 0 Å². The van der Waals surface area contributed by atoms with E-state index in [4.69, 9.17) is 21.8 Å². The van der Waals surface area contributed by atoms with Gasteiger partial charge in [0.1, 0.15) is 5.76 Å². The normalized spacial score (nSPS) is 12.7. The van der Waals surface area contributed by atoms with E-state index < -0.39 is 0 Å². The highest BCUT2D eigenvalue weighted by Gasteiger charge is 2.11. The molecule has 72 valence electrons. The predicted octanol–water partition coefficient (Wildman–Crippen LogP) is 2.98.